The number of aliphatic hydroxyl groups is 3. The number of ether oxygens (including phenoxy) is 1. The molecule has 10 nitrogen and oxygen atoms in total. The van der Waals surface area contributed by atoms with Crippen molar-refractivity contribution in [1.82, 2.24) is 19.1 Å². The Morgan fingerprint density at radius 3 is 2.75 bits per heavy atom. The van der Waals surface area contributed by atoms with Crippen molar-refractivity contribution in [1.29, 1.82) is 0 Å². The molecule has 11 heteroatoms. The van der Waals surface area contributed by atoms with Crippen molar-refractivity contribution in [3.05, 3.63) is 27.8 Å². The van der Waals surface area contributed by atoms with Gasteiger partial charge in [0.1, 0.15) is 18.3 Å². The third kappa shape index (κ3) is 2.37. The Morgan fingerprint density at radius 2 is 2.17 bits per heavy atom. The summed E-state index contributed by atoms with van der Waals surface area (Å²) in [6.45, 7) is 3.37. The molecule has 1 fully saturated rings. The minimum atomic E-state index is -1.36. The van der Waals surface area contributed by atoms with Crippen LogP contribution >= 0.6 is 12.2 Å². The number of H-pyrrole nitrogens is 1. The van der Waals surface area contributed by atoms with Crippen molar-refractivity contribution in [3.8, 4) is 0 Å². The number of nitrogen functional groups attached to an aromatic ring is 1. The van der Waals surface area contributed by atoms with Crippen molar-refractivity contribution in [2.24, 2.45) is 0 Å². The number of aromatic nitrogens is 4. The van der Waals surface area contributed by atoms with Gasteiger partial charge in [0.05, 0.1) is 6.61 Å². The van der Waals surface area contributed by atoms with Gasteiger partial charge in [-0.25, -0.2) is 0 Å². The normalized spacial score (nSPS) is 27.0. The molecule has 3 heterocycles. The number of nitrogens with zero attached hydrogens (tertiary/aromatic N) is 3. The van der Waals surface area contributed by atoms with Crippen LogP contribution in [-0.2, 0) is 11.3 Å². The summed E-state index contributed by atoms with van der Waals surface area (Å²) >= 11 is 5.37. The number of nitrogens with two attached hydrogens (primary N) is 1. The highest BCUT2D eigenvalue weighted by Gasteiger charge is 2.44. The van der Waals surface area contributed by atoms with E-state index in [1.165, 1.54) is 9.13 Å². The Bertz CT molecular complexity index is 903. The van der Waals surface area contributed by atoms with E-state index in [9.17, 15) is 20.1 Å². The van der Waals surface area contributed by atoms with Crippen molar-refractivity contribution >= 4 is 29.3 Å². The first-order valence-corrected chi connectivity index (χ1v) is 7.55. The van der Waals surface area contributed by atoms with Gasteiger partial charge in [-0.05, 0) is 12.2 Å². The number of nitrogens with one attached hydrogen (secondary N) is 1. The van der Waals surface area contributed by atoms with Crippen molar-refractivity contribution in [3.63, 3.8) is 0 Å². The lowest BCUT2D eigenvalue weighted by molar-refractivity contribution is -0.0519. The Morgan fingerprint density at radius 1 is 1.46 bits per heavy atom. The van der Waals surface area contributed by atoms with Gasteiger partial charge < -0.3 is 30.4 Å². The molecule has 24 heavy (non-hydrogen) atoms. The predicted octanol–water partition coefficient (Wildman–Crippen LogP) is -1.36. The summed E-state index contributed by atoms with van der Waals surface area (Å²) in [5, 5.41) is 29.4. The topological polar surface area (TPSA) is 152 Å². The van der Waals surface area contributed by atoms with Crippen LogP contribution in [0.15, 0.2) is 17.4 Å². The predicted molar refractivity (Wildman–Crippen MR) is 86.8 cm³/mol. The highest BCUT2D eigenvalue weighted by molar-refractivity contribution is 7.71. The van der Waals surface area contributed by atoms with Crippen LogP contribution in [-0.4, -0.2) is 59.3 Å². The minimum absolute atomic E-state index is 0.109. The van der Waals surface area contributed by atoms with Gasteiger partial charge >= 0.3 is 0 Å². The molecule has 1 aliphatic rings. The van der Waals surface area contributed by atoms with Crippen LogP contribution in [0.1, 0.15) is 6.23 Å². The van der Waals surface area contributed by atoms with E-state index in [1.807, 2.05) is 0 Å². The van der Waals surface area contributed by atoms with Gasteiger partial charge in [0, 0.05) is 6.54 Å². The summed E-state index contributed by atoms with van der Waals surface area (Å²) in [5.41, 5.74) is 5.36. The number of aliphatic hydroxyl groups excluding tert-OH is 3. The van der Waals surface area contributed by atoms with E-state index in [2.05, 4.69) is 16.5 Å². The summed E-state index contributed by atoms with van der Waals surface area (Å²) in [7, 11) is 0. The molecule has 1 aliphatic heterocycles. The highest BCUT2D eigenvalue weighted by atomic mass is 32.1. The lowest BCUT2D eigenvalue weighted by Crippen LogP contribution is -2.33. The largest absolute Gasteiger partial charge is 0.394 e. The second kappa shape index (κ2) is 6.11. The molecule has 6 N–H and O–H groups in total. The summed E-state index contributed by atoms with van der Waals surface area (Å²) in [4.78, 5) is 18.7. The van der Waals surface area contributed by atoms with Gasteiger partial charge in [-0.2, -0.15) is 4.98 Å². The maximum Gasteiger partial charge on any atom is 0.278 e. The van der Waals surface area contributed by atoms with Gasteiger partial charge in [-0.15, -0.1) is 6.58 Å². The third-order valence-electron chi connectivity index (χ3n) is 3.91. The number of allylic oxidation sites excluding steroid dienone is 1. The Labute approximate surface area is 140 Å². The first kappa shape index (κ1) is 16.8. The summed E-state index contributed by atoms with van der Waals surface area (Å²) in [5.74, 6) is -0.126. The molecule has 0 saturated carbocycles. The average Bonchev–Trinajstić information content (AvgIpc) is 2.96. The van der Waals surface area contributed by atoms with Crippen molar-refractivity contribution < 1.29 is 20.1 Å². The number of hydrogen-bond acceptors (Lipinski definition) is 8. The monoisotopic (exact) mass is 355 g/mol. The fourth-order valence-electron chi connectivity index (χ4n) is 2.82. The van der Waals surface area contributed by atoms with Gasteiger partial charge in [0.15, 0.2) is 22.2 Å². The van der Waals surface area contributed by atoms with Crippen molar-refractivity contribution in [2.45, 2.75) is 31.1 Å². The number of hydrogen-bond donors (Lipinski definition) is 5. The molecule has 0 radical (unpaired) electrons. The second-order valence-corrected chi connectivity index (χ2v) is 5.77. The highest BCUT2D eigenvalue weighted by Crippen LogP contribution is 2.32. The fourth-order valence-corrected chi connectivity index (χ4v) is 3.18. The summed E-state index contributed by atoms with van der Waals surface area (Å²) < 4.78 is 8.42. The average molecular weight is 355 g/mol. The van der Waals surface area contributed by atoms with Gasteiger partial charge in [0.25, 0.3) is 5.56 Å². The van der Waals surface area contributed by atoms with E-state index in [0.29, 0.717) is 0 Å². The van der Waals surface area contributed by atoms with Crippen LogP contribution in [0.3, 0.4) is 0 Å². The first-order chi connectivity index (χ1) is 11.4. The molecule has 0 spiro atoms. The molecular weight excluding hydrogens is 338 g/mol. The number of aromatic amines is 1. The maximum atomic E-state index is 12.3. The molecule has 0 aliphatic carbocycles. The standard InChI is InChI=1S/C13H17N5O5S/c1-2-3-17-6-9(15-12(14)16-10(6)22)18(13(17)24)11-8(21)7(20)5(4-19)23-11/h2,5,7-8,11,19-21H,1,3-4H2,(H3,14,15,16,22)/t5?,7-,8-,11?/m1/s1. The van der Waals surface area contributed by atoms with Crippen LogP contribution in [0.2, 0.25) is 0 Å². The SMILES string of the molecule is C=CCn1c(=S)n(C2OC(CO)[C@@H](O)[C@H]2O)c2nc(N)[nH]c(=O)c21. The Kier molecular flexibility index (Phi) is 4.27. The van der Waals surface area contributed by atoms with E-state index in [-0.39, 0.29) is 28.4 Å². The zero-order valence-electron chi connectivity index (χ0n) is 12.5. The third-order valence-corrected chi connectivity index (χ3v) is 4.33. The van der Waals surface area contributed by atoms with Crippen molar-refractivity contribution in [2.75, 3.05) is 12.3 Å². The molecule has 2 aromatic rings. The molecular formula is C13H17N5O5S. The number of imidazole rings is 1. The minimum Gasteiger partial charge on any atom is -0.394 e. The molecule has 2 aromatic heterocycles. The zero-order chi connectivity index (χ0) is 17.6. The summed E-state index contributed by atoms with van der Waals surface area (Å²) in [6.07, 6.45) is -3.22. The van der Waals surface area contributed by atoms with Gasteiger partial charge in [-0.3, -0.25) is 14.3 Å². The fraction of sp³-hybridized carbons (Fsp3) is 0.462. The van der Waals surface area contributed by atoms with Gasteiger partial charge in [-0.1, -0.05) is 6.08 Å². The number of rotatable bonds is 4. The lowest BCUT2D eigenvalue weighted by atomic mass is 10.1. The van der Waals surface area contributed by atoms with Crippen LogP contribution in [0.5, 0.6) is 0 Å². The van der Waals surface area contributed by atoms with Crippen LogP contribution < -0.4 is 11.3 Å². The Hall–Kier alpha value is -2.05. The first-order valence-electron chi connectivity index (χ1n) is 7.14. The van der Waals surface area contributed by atoms with E-state index in [4.69, 9.17) is 22.7 Å². The van der Waals surface area contributed by atoms with Crippen LogP contribution in [0.4, 0.5) is 5.95 Å². The Balaban J connectivity index is 2.29. The van der Waals surface area contributed by atoms with Gasteiger partial charge in [0.2, 0.25) is 5.95 Å². The second-order valence-electron chi connectivity index (χ2n) is 5.40. The molecule has 1 saturated heterocycles. The maximum absolute atomic E-state index is 12.3. The van der Waals surface area contributed by atoms with Crippen LogP contribution in [0, 0.1) is 4.77 Å². The zero-order valence-corrected chi connectivity index (χ0v) is 13.3. The quantitative estimate of drug-likeness (QED) is 0.333. The molecule has 0 bridgehead atoms. The molecule has 130 valence electrons. The van der Waals surface area contributed by atoms with E-state index in [1.54, 1.807) is 6.08 Å². The molecule has 4 atom stereocenters. The summed E-state index contributed by atoms with van der Waals surface area (Å²) in [6, 6.07) is 0. The molecule has 3 rings (SSSR count). The van der Waals surface area contributed by atoms with E-state index < -0.39 is 36.7 Å². The number of fused-ring (bicyclic) bond motifs is 1. The lowest BCUT2D eigenvalue weighted by Gasteiger charge is -2.16. The van der Waals surface area contributed by atoms with E-state index >= 15 is 0 Å². The van der Waals surface area contributed by atoms with Crippen LogP contribution in [0.25, 0.3) is 11.2 Å². The molecule has 2 unspecified atom stereocenters. The molecule has 0 aromatic carbocycles. The smallest absolute Gasteiger partial charge is 0.278 e. The molecule has 0 amide bonds. The number of anilines is 1. The van der Waals surface area contributed by atoms with E-state index in [0.717, 1.165) is 0 Å².